The minimum atomic E-state index is -0.635. The maximum Gasteiger partial charge on any atom is 0.231 e. The van der Waals surface area contributed by atoms with Crippen LogP contribution in [0.15, 0.2) is 10.5 Å². The molecule has 1 aromatic rings. The van der Waals surface area contributed by atoms with Crippen molar-refractivity contribution in [3.05, 3.63) is 21.9 Å². The van der Waals surface area contributed by atoms with Crippen LogP contribution in [0.4, 0.5) is 4.39 Å². The van der Waals surface area contributed by atoms with Crippen molar-refractivity contribution in [2.24, 2.45) is 5.73 Å². The average Bonchev–Trinajstić information content (AvgIpc) is 2.78. The second-order valence-electron chi connectivity index (χ2n) is 5.00. The highest BCUT2D eigenvalue weighted by molar-refractivity contribution is 9.10. The van der Waals surface area contributed by atoms with E-state index in [4.69, 9.17) is 15.2 Å². The second-order valence-corrected chi connectivity index (χ2v) is 5.85. The third kappa shape index (κ3) is 1.80. The number of benzene rings is 1. The van der Waals surface area contributed by atoms with E-state index in [0.717, 1.165) is 32.1 Å². The zero-order valence-corrected chi connectivity index (χ0v) is 11.6. The van der Waals surface area contributed by atoms with E-state index in [2.05, 4.69) is 15.9 Å². The lowest BCUT2D eigenvalue weighted by Crippen LogP contribution is -2.39. The van der Waals surface area contributed by atoms with Crippen LogP contribution in [0.5, 0.6) is 11.5 Å². The number of nitrogens with two attached hydrogens (primary N) is 1. The molecule has 0 amide bonds. The molecule has 1 aliphatic heterocycles. The Morgan fingerprint density at radius 3 is 2.67 bits per heavy atom. The topological polar surface area (TPSA) is 44.5 Å². The number of hydrogen-bond donors (Lipinski definition) is 1. The van der Waals surface area contributed by atoms with Gasteiger partial charge < -0.3 is 15.2 Å². The number of halogens is 2. The van der Waals surface area contributed by atoms with E-state index in [1.165, 1.54) is 0 Å². The lowest BCUT2D eigenvalue weighted by molar-refractivity contribution is 0.170. The van der Waals surface area contributed by atoms with E-state index in [1.807, 2.05) is 0 Å². The van der Waals surface area contributed by atoms with Crippen molar-refractivity contribution in [3.8, 4) is 11.5 Å². The zero-order chi connectivity index (χ0) is 12.8. The van der Waals surface area contributed by atoms with Gasteiger partial charge in [-0.05, 0) is 28.8 Å². The molecular weight excluding hydrogens is 301 g/mol. The van der Waals surface area contributed by atoms with Gasteiger partial charge in [-0.2, -0.15) is 0 Å². The summed E-state index contributed by atoms with van der Waals surface area (Å²) < 4.78 is 25.6. The molecule has 1 saturated carbocycles. The summed E-state index contributed by atoms with van der Waals surface area (Å²) in [5.41, 5.74) is 6.27. The van der Waals surface area contributed by atoms with Gasteiger partial charge in [0.15, 0.2) is 11.5 Å². The largest absolute Gasteiger partial charge is 0.454 e. The number of rotatable bonds is 1. The summed E-state index contributed by atoms with van der Waals surface area (Å²) >= 11 is 3.22. The van der Waals surface area contributed by atoms with Gasteiger partial charge in [-0.3, -0.25) is 0 Å². The van der Waals surface area contributed by atoms with Gasteiger partial charge in [0.1, 0.15) is 5.82 Å². The van der Waals surface area contributed by atoms with Crippen LogP contribution in [0.3, 0.4) is 0 Å². The summed E-state index contributed by atoms with van der Waals surface area (Å²) in [7, 11) is 0. The molecule has 1 aliphatic carbocycles. The van der Waals surface area contributed by atoms with Crippen molar-refractivity contribution in [1.29, 1.82) is 0 Å². The van der Waals surface area contributed by atoms with E-state index >= 15 is 0 Å². The first kappa shape index (κ1) is 12.2. The molecule has 1 heterocycles. The highest BCUT2D eigenvalue weighted by Gasteiger charge is 2.38. The maximum atomic E-state index is 14.4. The Balaban J connectivity index is 2.15. The highest BCUT2D eigenvalue weighted by Crippen LogP contribution is 2.48. The first-order valence-corrected chi connectivity index (χ1v) is 6.98. The van der Waals surface area contributed by atoms with E-state index in [-0.39, 0.29) is 12.6 Å². The molecule has 5 heteroatoms. The van der Waals surface area contributed by atoms with Crippen LogP contribution in [0, 0.1) is 5.82 Å². The molecular formula is C13H15BrFNO2. The van der Waals surface area contributed by atoms with E-state index in [9.17, 15) is 4.39 Å². The Morgan fingerprint density at radius 1 is 1.22 bits per heavy atom. The van der Waals surface area contributed by atoms with Crippen LogP contribution in [-0.2, 0) is 5.54 Å². The summed E-state index contributed by atoms with van der Waals surface area (Å²) in [6.45, 7) is 0.133. The first-order chi connectivity index (χ1) is 8.62. The molecule has 2 N–H and O–H groups in total. The Labute approximate surface area is 114 Å². The SMILES string of the molecule is NC1(c2c(F)c(Br)cc3c2OCO3)CCCCC1. The first-order valence-electron chi connectivity index (χ1n) is 6.19. The fourth-order valence-corrected chi connectivity index (χ4v) is 3.27. The zero-order valence-electron chi connectivity index (χ0n) is 9.97. The van der Waals surface area contributed by atoms with Gasteiger partial charge in [-0.15, -0.1) is 0 Å². The molecule has 0 unspecified atom stereocenters. The Bertz CT molecular complexity index is 486. The molecule has 3 rings (SSSR count). The molecule has 0 aromatic heterocycles. The fraction of sp³-hybridized carbons (Fsp3) is 0.538. The summed E-state index contributed by atoms with van der Waals surface area (Å²) in [6.07, 6.45) is 4.79. The quantitative estimate of drug-likeness (QED) is 0.863. The monoisotopic (exact) mass is 315 g/mol. The van der Waals surface area contributed by atoms with E-state index < -0.39 is 5.54 Å². The van der Waals surface area contributed by atoms with Gasteiger partial charge in [-0.25, -0.2) is 4.39 Å². The molecule has 1 fully saturated rings. The van der Waals surface area contributed by atoms with Crippen LogP contribution >= 0.6 is 15.9 Å². The lowest BCUT2D eigenvalue weighted by atomic mass is 9.77. The summed E-state index contributed by atoms with van der Waals surface area (Å²) in [5.74, 6) is 0.748. The van der Waals surface area contributed by atoms with Crippen LogP contribution in [0.2, 0.25) is 0 Å². The summed E-state index contributed by atoms with van der Waals surface area (Å²) in [5, 5.41) is 0. The molecule has 0 radical (unpaired) electrons. The maximum absolute atomic E-state index is 14.4. The van der Waals surface area contributed by atoms with Crippen molar-refractivity contribution >= 4 is 15.9 Å². The molecule has 0 saturated heterocycles. The van der Waals surface area contributed by atoms with E-state index in [0.29, 0.717) is 21.5 Å². The highest BCUT2D eigenvalue weighted by atomic mass is 79.9. The molecule has 0 bridgehead atoms. The fourth-order valence-electron chi connectivity index (χ4n) is 2.87. The molecule has 0 spiro atoms. The lowest BCUT2D eigenvalue weighted by Gasteiger charge is -2.34. The molecule has 18 heavy (non-hydrogen) atoms. The van der Waals surface area contributed by atoms with Crippen molar-refractivity contribution in [2.45, 2.75) is 37.6 Å². The predicted octanol–water partition coefficient (Wildman–Crippen LogP) is 3.44. The number of ether oxygens (including phenoxy) is 2. The number of hydrogen-bond acceptors (Lipinski definition) is 3. The van der Waals surface area contributed by atoms with Crippen LogP contribution < -0.4 is 15.2 Å². The van der Waals surface area contributed by atoms with Crippen LogP contribution in [0.1, 0.15) is 37.7 Å². The van der Waals surface area contributed by atoms with Gasteiger partial charge >= 0.3 is 0 Å². The molecule has 0 atom stereocenters. The summed E-state index contributed by atoms with van der Waals surface area (Å²) in [4.78, 5) is 0. The van der Waals surface area contributed by atoms with Crippen molar-refractivity contribution in [3.63, 3.8) is 0 Å². The standard InChI is InChI=1S/C13H15BrFNO2/c14-8-6-9-12(18-7-17-9)10(11(8)15)13(16)4-2-1-3-5-13/h6H,1-5,7,16H2. The van der Waals surface area contributed by atoms with Gasteiger partial charge in [0, 0.05) is 11.6 Å². The molecule has 3 nitrogen and oxygen atoms in total. The molecule has 98 valence electrons. The van der Waals surface area contributed by atoms with E-state index in [1.54, 1.807) is 6.07 Å². The Hall–Kier alpha value is -0.810. The average molecular weight is 316 g/mol. The van der Waals surface area contributed by atoms with Crippen molar-refractivity contribution in [1.82, 2.24) is 0 Å². The molecule has 2 aliphatic rings. The van der Waals surface area contributed by atoms with Gasteiger partial charge in [0.05, 0.1) is 10.0 Å². The Morgan fingerprint density at radius 2 is 1.94 bits per heavy atom. The Kier molecular flexibility index (Phi) is 2.98. The van der Waals surface area contributed by atoms with Gasteiger partial charge in [0.25, 0.3) is 0 Å². The minimum absolute atomic E-state index is 0.133. The van der Waals surface area contributed by atoms with Crippen molar-refractivity contribution in [2.75, 3.05) is 6.79 Å². The molecule has 1 aromatic carbocycles. The van der Waals surface area contributed by atoms with Gasteiger partial charge in [0.2, 0.25) is 6.79 Å². The third-order valence-corrected chi connectivity index (χ3v) is 4.38. The smallest absolute Gasteiger partial charge is 0.231 e. The van der Waals surface area contributed by atoms with Crippen molar-refractivity contribution < 1.29 is 13.9 Å². The second kappa shape index (κ2) is 4.38. The third-order valence-electron chi connectivity index (χ3n) is 3.80. The van der Waals surface area contributed by atoms with Crippen LogP contribution in [-0.4, -0.2) is 6.79 Å². The van der Waals surface area contributed by atoms with Gasteiger partial charge in [-0.1, -0.05) is 19.3 Å². The summed E-state index contributed by atoms with van der Waals surface area (Å²) in [6, 6.07) is 1.60. The van der Waals surface area contributed by atoms with Crippen LogP contribution in [0.25, 0.3) is 0 Å². The number of fused-ring (bicyclic) bond motifs is 1. The predicted molar refractivity (Wildman–Crippen MR) is 69.2 cm³/mol. The normalized spacial score (nSPS) is 21.1. The minimum Gasteiger partial charge on any atom is -0.454 e.